The highest BCUT2D eigenvalue weighted by Crippen LogP contribution is 2.47. The molecule has 2 aliphatic rings. The van der Waals surface area contributed by atoms with E-state index >= 15 is 0 Å². The van der Waals surface area contributed by atoms with Gasteiger partial charge < -0.3 is 4.57 Å². The van der Waals surface area contributed by atoms with Gasteiger partial charge in [-0.3, -0.25) is 0 Å². The topological polar surface area (TPSA) is 52.5 Å². The lowest BCUT2D eigenvalue weighted by atomic mass is 9.69. The van der Waals surface area contributed by atoms with Crippen molar-refractivity contribution in [3.05, 3.63) is 233 Å². The van der Waals surface area contributed by atoms with Crippen LogP contribution in [-0.4, -0.2) is 4.57 Å². The van der Waals surface area contributed by atoms with Gasteiger partial charge in [-0.05, 0) is 137 Å². The summed E-state index contributed by atoms with van der Waals surface area (Å²) < 4.78 is 2.42. The molecule has 12 rings (SSSR count). The number of nitriles is 2. The van der Waals surface area contributed by atoms with Crippen LogP contribution in [0.3, 0.4) is 0 Å². The minimum Gasteiger partial charge on any atom is -0.309 e. The molecular formula is C62H43N3. The zero-order chi connectivity index (χ0) is 43.8. The first-order valence-corrected chi connectivity index (χ1v) is 22.6. The second-order valence-electron chi connectivity index (χ2n) is 17.9. The van der Waals surface area contributed by atoms with Crippen molar-refractivity contribution in [1.82, 2.24) is 4.57 Å². The second-order valence-corrected chi connectivity index (χ2v) is 17.9. The fourth-order valence-corrected chi connectivity index (χ4v) is 11.2. The third kappa shape index (κ3) is 6.16. The monoisotopic (exact) mass is 829 g/mol. The lowest BCUT2D eigenvalue weighted by molar-refractivity contribution is 0.461. The molecule has 4 atom stereocenters. The summed E-state index contributed by atoms with van der Waals surface area (Å²) in [6.45, 7) is 4.49. The first-order chi connectivity index (χ1) is 32.0. The van der Waals surface area contributed by atoms with Crippen LogP contribution in [0, 0.1) is 34.5 Å². The highest BCUT2D eigenvalue weighted by atomic mass is 15.0. The maximum absolute atomic E-state index is 10.8. The molecule has 1 aromatic heterocycles. The average molecular weight is 830 g/mol. The third-order valence-electron chi connectivity index (χ3n) is 14.4. The summed E-state index contributed by atoms with van der Waals surface area (Å²) in [5.74, 6) is 0.287. The van der Waals surface area contributed by atoms with Crippen LogP contribution >= 0.6 is 0 Å². The van der Waals surface area contributed by atoms with Crippen LogP contribution in [0.2, 0.25) is 0 Å². The molecule has 3 heteroatoms. The number of hydrogen-bond acceptors (Lipinski definition) is 2. The molecule has 4 unspecified atom stereocenters. The minimum absolute atomic E-state index is 0.0234. The molecule has 1 heterocycles. The third-order valence-corrected chi connectivity index (χ3v) is 14.4. The Morgan fingerprint density at radius 3 is 1.80 bits per heavy atom. The molecule has 0 amide bonds. The summed E-state index contributed by atoms with van der Waals surface area (Å²) in [6.07, 6.45) is 9.18. The molecule has 0 saturated carbocycles. The smallest absolute Gasteiger partial charge is 0.0994 e. The van der Waals surface area contributed by atoms with Gasteiger partial charge in [0.2, 0.25) is 0 Å². The fraction of sp³-hybridized carbons (Fsp3) is 0.0968. The fourth-order valence-electron chi connectivity index (χ4n) is 11.2. The molecule has 0 fully saturated rings. The molecule has 0 saturated heterocycles. The second kappa shape index (κ2) is 15.2. The summed E-state index contributed by atoms with van der Waals surface area (Å²) in [6, 6.07) is 68.5. The van der Waals surface area contributed by atoms with Gasteiger partial charge in [-0.25, -0.2) is 0 Å². The van der Waals surface area contributed by atoms with E-state index in [0.29, 0.717) is 11.1 Å². The van der Waals surface area contributed by atoms with Gasteiger partial charge in [-0.2, -0.15) is 10.5 Å². The highest BCUT2D eigenvalue weighted by molar-refractivity contribution is 6.25. The number of rotatable bonds is 4. The van der Waals surface area contributed by atoms with Crippen LogP contribution in [0.4, 0.5) is 0 Å². The number of benzene rings is 9. The average Bonchev–Trinajstić information content (AvgIpc) is 3.69. The molecule has 306 valence electrons. The van der Waals surface area contributed by atoms with Crippen molar-refractivity contribution in [2.45, 2.75) is 25.7 Å². The van der Waals surface area contributed by atoms with Crippen molar-refractivity contribution in [2.24, 2.45) is 11.8 Å². The summed E-state index contributed by atoms with van der Waals surface area (Å²) in [7, 11) is 0. The SMILES string of the molecule is CC1c2ccccc2C=CC(C2C=C(c3ccc4c(c3)c3cc(-c5ccccc5)ccc3n4-c3ccc4c5ccccc5c5ccccc5c4c3)C(C#N)=CC2C)c2ccc(C#N)cc21. The van der Waals surface area contributed by atoms with E-state index in [1.54, 1.807) is 0 Å². The molecular weight excluding hydrogens is 787 g/mol. The molecule has 10 aromatic rings. The van der Waals surface area contributed by atoms with Crippen LogP contribution < -0.4 is 0 Å². The Kier molecular flexibility index (Phi) is 9.01. The van der Waals surface area contributed by atoms with E-state index in [2.05, 4.69) is 225 Å². The Bertz CT molecular complexity index is 3750. The Labute approximate surface area is 378 Å². The van der Waals surface area contributed by atoms with Crippen molar-refractivity contribution in [3.8, 4) is 29.0 Å². The normalized spacial score (nSPS) is 18.1. The number of aromatic nitrogens is 1. The molecule has 65 heavy (non-hydrogen) atoms. The van der Waals surface area contributed by atoms with Crippen LogP contribution in [0.15, 0.2) is 200 Å². The van der Waals surface area contributed by atoms with E-state index in [4.69, 9.17) is 0 Å². The molecule has 0 N–H and O–H groups in total. The van der Waals surface area contributed by atoms with Gasteiger partial charge in [-0.15, -0.1) is 0 Å². The number of allylic oxidation sites excluding steroid dienone is 5. The van der Waals surface area contributed by atoms with E-state index < -0.39 is 0 Å². The Morgan fingerprint density at radius 2 is 1.09 bits per heavy atom. The highest BCUT2D eigenvalue weighted by Gasteiger charge is 2.33. The quantitative estimate of drug-likeness (QED) is 0.166. The van der Waals surface area contributed by atoms with Gasteiger partial charge in [0.1, 0.15) is 0 Å². The van der Waals surface area contributed by atoms with E-state index in [0.717, 1.165) is 44.2 Å². The summed E-state index contributed by atoms with van der Waals surface area (Å²) in [5.41, 5.74) is 13.9. The van der Waals surface area contributed by atoms with Gasteiger partial charge in [0, 0.05) is 28.3 Å². The largest absolute Gasteiger partial charge is 0.309 e. The van der Waals surface area contributed by atoms with E-state index in [9.17, 15) is 10.5 Å². The van der Waals surface area contributed by atoms with Gasteiger partial charge in [0.15, 0.2) is 0 Å². The molecule has 3 nitrogen and oxygen atoms in total. The van der Waals surface area contributed by atoms with Gasteiger partial charge >= 0.3 is 0 Å². The van der Waals surface area contributed by atoms with Gasteiger partial charge in [0.05, 0.1) is 34.3 Å². The molecule has 2 aliphatic carbocycles. The van der Waals surface area contributed by atoms with E-state index in [-0.39, 0.29) is 23.7 Å². The maximum Gasteiger partial charge on any atom is 0.0994 e. The molecule has 0 aliphatic heterocycles. The van der Waals surface area contributed by atoms with Gasteiger partial charge in [-0.1, -0.05) is 166 Å². The van der Waals surface area contributed by atoms with Crippen LogP contribution in [0.1, 0.15) is 59.1 Å². The van der Waals surface area contributed by atoms with Crippen molar-refractivity contribution >= 4 is 65.8 Å². The van der Waals surface area contributed by atoms with E-state index in [1.807, 2.05) is 6.07 Å². The first kappa shape index (κ1) is 38.4. The number of hydrogen-bond donors (Lipinski definition) is 0. The molecule has 0 radical (unpaired) electrons. The number of fused-ring (bicyclic) bond motifs is 11. The van der Waals surface area contributed by atoms with Crippen LogP contribution in [0.25, 0.3) is 82.6 Å². The zero-order valence-electron chi connectivity index (χ0n) is 36.2. The zero-order valence-corrected chi connectivity index (χ0v) is 36.2. The van der Waals surface area contributed by atoms with Crippen molar-refractivity contribution in [2.75, 3.05) is 0 Å². The van der Waals surface area contributed by atoms with Crippen molar-refractivity contribution in [1.29, 1.82) is 10.5 Å². The van der Waals surface area contributed by atoms with Gasteiger partial charge in [0.25, 0.3) is 0 Å². The lowest BCUT2D eigenvalue weighted by Gasteiger charge is -2.34. The van der Waals surface area contributed by atoms with Crippen LogP contribution in [-0.2, 0) is 0 Å². The maximum atomic E-state index is 10.8. The molecule has 0 spiro atoms. The van der Waals surface area contributed by atoms with Crippen molar-refractivity contribution < 1.29 is 0 Å². The summed E-state index contributed by atoms with van der Waals surface area (Å²) in [5, 5.41) is 30.6. The minimum atomic E-state index is 0.0234. The molecule has 9 aromatic carbocycles. The predicted molar refractivity (Wildman–Crippen MR) is 270 cm³/mol. The standard InChI is InChI=1S/C62H43N3/c1-38-30-45(37-64)57(35-55(38)52-26-21-42-14-6-7-15-47(42)39(2)56-31-40(36-63)20-25-53(52)56)44-23-29-62-60(33-44)59-32-43(41-12-4-3-5-13-41)22-28-61(59)65(62)46-24-27-54-50-18-9-8-16-48(50)49-17-10-11-19-51(49)58(54)34-46/h3-35,38-39,52,55H,1-2H3. The van der Waals surface area contributed by atoms with Crippen LogP contribution in [0.5, 0.6) is 0 Å². The number of nitrogens with zero attached hydrogens (tertiary/aromatic N) is 3. The first-order valence-electron chi connectivity index (χ1n) is 22.6. The summed E-state index contributed by atoms with van der Waals surface area (Å²) in [4.78, 5) is 0. The Morgan fingerprint density at radius 1 is 0.462 bits per heavy atom. The predicted octanol–water partition coefficient (Wildman–Crippen LogP) is 15.8. The van der Waals surface area contributed by atoms with E-state index in [1.165, 1.54) is 60.1 Å². The van der Waals surface area contributed by atoms with Crippen molar-refractivity contribution in [3.63, 3.8) is 0 Å². The summed E-state index contributed by atoms with van der Waals surface area (Å²) >= 11 is 0. The lowest BCUT2D eigenvalue weighted by Crippen LogP contribution is -2.22. The Balaban J connectivity index is 1.06. The Hall–Kier alpha value is -8.24. The molecule has 0 bridgehead atoms.